The van der Waals surface area contributed by atoms with E-state index in [4.69, 9.17) is 4.74 Å². The van der Waals surface area contributed by atoms with E-state index in [0.717, 1.165) is 43.7 Å². The van der Waals surface area contributed by atoms with Crippen molar-refractivity contribution >= 4 is 5.91 Å². The number of nitrogens with zero attached hydrogens (tertiary/aromatic N) is 1. The second kappa shape index (κ2) is 6.60. The maximum atomic E-state index is 12.7. The molecule has 104 valence electrons. The van der Waals surface area contributed by atoms with E-state index in [9.17, 15) is 4.79 Å². The number of para-hydroxylation sites is 1. The highest BCUT2D eigenvalue weighted by Gasteiger charge is 2.30. The first-order chi connectivity index (χ1) is 9.27. The van der Waals surface area contributed by atoms with Gasteiger partial charge in [-0.15, -0.1) is 0 Å². The highest BCUT2D eigenvalue weighted by atomic mass is 16.5. The summed E-state index contributed by atoms with van der Waals surface area (Å²) in [6, 6.07) is 7.92. The third kappa shape index (κ3) is 3.09. The van der Waals surface area contributed by atoms with Gasteiger partial charge in [-0.3, -0.25) is 4.79 Å². The lowest BCUT2D eigenvalue weighted by molar-refractivity contribution is -0.133. The largest absolute Gasteiger partial charge is 0.493 e. The van der Waals surface area contributed by atoms with E-state index in [0.29, 0.717) is 6.61 Å². The van der Waals surface area contributed by atoms with Crippen LogP contribution in [0, 0.1) is 0 Å². The summed E-state index contributed by atoms with van der Waals surface area (Å²) in [6.45, 7) is 6.58. The minimum atomic E-state index is -0.0250. The van der Waals surface area contributed by atoms with Crippen LogP contribution in [0.2, 0.25) is 0 Å². The van der Waals surface area contributed by atoms with Crippen molar-refractivity contribution in [3.8, 4) is 5.75 Å². The Balaban J connectivity index is 2.19. The number of rotatable bonds is 5. The number of hydrogen-bond donors (Lipinski definition) is 0. The van der Waals surface area contributed by atoms with Gasteiger partial charge in [0.1, 0.15) is 5.75 Å². The van der Waals surface area contributed by atoms with E-state index in [1.54, 1.807) is 0 Å². The van der Waals surface area contributed by atoms with Crippen LogP contribution in [0.3, 0.4) is 0 Å². The van der Waals surface area contributed by atoms with Crippen LogP contribution in [0.25, 0.3) is 0 Å². The molecule has 0 aromatic heterocycles. The third-order valence-corrected chi connectivity index (χ3v) is 3.56. The van der Waals surface area contributed by atoms with Crippen LogP contribution in [-0.4, -0.2) is 30.5 Å². The standard InChI is InChI=1S/C16H23NO2/c1-3-10-17(11-4-2)16(18)14-9-12-19-15-8-6-5-7-13(14)15/h5-8,14H,3-4,9-12H2,1-2H3. The molecule has 1 unspecified atom stereocenters. The summed E-state index contributed by atoms with van der Waals surface area (Å²) >= 11 is 0. The number of ether oxygens (including phenoxy) is 1. The van der Waals surface area contributed by atoms with Crippen molar-refractivity contribution in [3.05, 3.63) is 29.8 Å². The smallest absolute Gasteiger partial charge is 0.230 e. The van der Waals surface area contributed by atoms with Gasteiger partial charge in [0.25, 0.3) is 0 Å². The molecule has 0 bridgehead atoms. The fraction of sp³-hybridized carbons (Fsp3) is 0.562. The Morgan fingerprint density at radius 2 is 1.95 bits per heavy atom. The van der Waals surface area contributed by atoms with Crippen LogP contribution in [0.1, 0.15) is 44.6 Å². The third-order valence-electron chi connectivity index (χ3n) is 3.56. The van der Waals surface area contributed by atoms with Crippen molar-refractivity contribution in [3.63, 3.8) is 0 Å². The van der Waals surface area contributed by atoms with Gasteiger partial charge in [-0.2, -0.15) is 0 Å². The van der Waals surface area contributed by atoms with Crippen LogP contribution in [-0.2, 0) is 4.79 Å². The molecule has 0 N–H and O–H groups in total. The zero-order valence-electron chi connectivity index (χ0n) is 11.9. The lowest BCUT2D eigenvalue weighted by Gasteiger charge is -2.30. The topological polar surface area (TPSA) is 29.5 Å². The quantitative estimate of drug-likeness (QED) is 0.814. The molecule has 0 saturated heterocycles. The van der Waals surface area contributed by atoms with Crippen LogP contribution in [0.4, 0.5) is 0 Å². The first-order valence-electron chi connectivity index (χ1n) is 7.28. The Morgan fingerprint density at radius 3 is 2.63 bits per heavy atom. The molecule has 1 aliphatic heterocycles. The molecule has 1 aromatic carbocycles. The Hall–Kier alpha value is -1.51. The lowest BCUT2D eigenvalue weighted by atomic mass is 9.91. The number of hydrogen-bond acceptors (Lipinski definition) is 2. The second-order valence-corrected chi connectivity index (χ2v) is 5.05. The summed E-state index contributed by atoms with van der Waals surface area (Å²) in [5.74, 6) is 1.11. The highest BCUT2D eigenvalue weighted by Crippen LogP contribution is 2.34. The summed E-state index contributed by atoms with van der Waals surface area (Å²) in [5, 5.41) is 0. The minimum Gasteiger partial charge on any atom is -0.493 e. The Kier molecular flexibility index (Phi) is 4.83. The predicted octanol–water partition coefficient (Wildman–Crippen LogP) is 3.20. The fourth-order valence-electron chi connectivity index (χ4n) is 2.69. The highest BCUT2D eigenvalue weighted by molar-refractivity contribution is 5.84. The maximum absolute atomic E-state index is 12.7. The molecule has 3 heteroatoms. The Bertz CT molecular complexity index is 425. The van der Waals surface area contributed by atoms with Gasteiger partial charge < -0.3 is 9.64 Å². The normalized spacial score (nSPS) is 17.5. The predicted molar refractivity (Wildman–Crippen MR) is 76.5 cm³/mol. The first kappa shape index (κ1) is 13.9. The van der Waals surface area contributed by atoms with Crippen LogP contribution < -0.4 is 4.74 Å². The van der Waals surface area contributed by atoms with Crippen LogP contribution in [0.15, 0.2) is 24.3 Å². The van der Waals surface area contributed by atoms with Crippen LogP contribution in [0.5, 0.6) is 5.75 Å². The SMILES string of the molecule is CCCN(CCC)C(=O)C1CCOc2ccccc21. The molecule has 0 spiro atoms. The molecule has 3 nitrogen and oxygen atoms in total. The van der Waals surface area contributed by atoms with Crippen molar-refractivity contribution in [2.75, 3.05) is 19.7 Å². The average Bonchev–Trinajstić information content (AvgIpc) is 2.46. The number of fused-ring (bicyclic) bond motifs is 1. The van der Waals surface area contributed by atoms with Gasteiger partial charge in [-0.05, 0) is 25.3 Å². The molecule has 0 aliphatic carbocycles. The molecule has 1 amide bonds. The van der Waals surface area contributed by atoms with Crippen molar-refractivity contribution in [1.29, 1.82) is 0 Å². The van der Waals surface area contributed by atoms with Gasteiger partial charge >= 0.3 is 0 Å². The Morgan fingerprint density at radius 1 is 1.26 bits per heavy atom. The van der Waals surface area contributed by atoms with Crippen molar-refractivity contribution < 1.29 is 9.53 Å². The molecule has 19 heavy (non-hydrogen) atoms. The summed E-state index contributed by atoms with van der Waals surface area (Å²) in [7, 11) is 0. The number of carbonyl (C=O) groups is 1. The maximum Gasteiger partial charge on any atom is 0.230 e. The van der Waals surface area contributed by atoms with E-state index < -0.39 is 0 Å². The molecular weight excluding hydrogens is 238 g/mol. The molecule has 1 aliphatic rings. The van der Waals surface area contributed by atoms with Gasteiger partial charge in [0.05, 0.1) is 12.5 Å². The first-order valence-corrected chi connectivity index (χ1v) is 7.28. The fourth-order valence-corrected chi connectivity index (χ4v) is 2.69. The van der Waals surface area contributed by atoms with Crippen molar-refractivity contribution in [2.45, 2.75) is 39.0 Å². The molecule has 0 fully saturated rings. The number of amides is 1. The molecule has 1 atom stereocenters. The second-order valence-electron chi connectivity index (χ2n) is 5.05. The molecule has 2 rings (SSSR count). The van der Waals surface area contributed by atoms with Gasteiger partial charge in [0.2, 0.25) is 5.91 Å². The molecule has 1 aromatic rings. The molecule has 1 heterocycles. The monoisotopic (exact) mass is 261 g/mol. The number of benzene rings is 1. The van der Waals surface area contributed by atoms with Gasteiger partial charge in [0.15, 0.2) is 0 Å². The van der Waals surface area contributed by atoms with E-state index in [1.165, 1.54) is 0 Å². The molecular formula is C16H23NO2. The lowest BCUT2D eigenvalue weighted by Crippen LogP contribution is -2.38. The zero-order valence-corrected chi connectivity index (χ0v) is 11.9. The molecule has 0 saturated carbocycles. The van der Waals surface area contributed by atoms with Crippen molar-refractivity contribution in [2.24, 2.45) is 0 Å². The van der Waals surface area contributed by atoms with Gasteiger partial charge in [-0.25, -0.2) is 0 Å². The summed E-state index contributed by atoms with van der Waals surface area (Å²) in [4.78, 5) is 14.7. The van der Waals surface area contributed by atoms with E-state index >= 15 is 0 Å². The Labute approximate surface area is 115 Å². The van der Waals surface area contributed by atoms with Gasteiger partial charge in [-0.1, -0.05) is 32.0 Å². The summed E-state index contributed by atoms with van der Waals surface area (Å²) in [5.41, 5.74) is 1.05. The van der Waals surface area contributed by atoms with E-state index in [1.807, 2.05) is 29.2 Å². The van der Waals surface area contributed by atoms with Crippen molar-refractivity contribution in [1.82, 2.24) is 4.90 Å². The summed E-state index contributed by atoms with van der Waals surface area (Å²) < 4.78 is 5.63. The summed E-state index contributed by atoms with van der Waals surface area (Å²) in [6.07, 6.45) is 2.81. The van der Waals surface area contributed by atoms with Crippen LogP contribution >= 0.6 is 0 Å². The molecule has 0 radical (unpaired) electrons. The van der Waals surface area contributed by atoms with E-state index in [2.05, 4.69) is 13.8 Å². The average molecular weight is 261 g/mol. The number of carbonyl (C=O) groups excluding carboxylic acids is 1. The minimum absolute atomic E-state index is 0.0250. The zero-order chi connectivity index (χ0) is 13.7. The van der Waals surface area contributed by atoms with E-state index in [-0.39, 0.29) is 11.8 Å². The van der Waals surface area contributed by atoms with Gasteiger partial charge in [0, 0.05) is 18.7 Å².